The van der Waals surface area contributed by atoms with Crippen molar-refractivity contribution in [3.63, 3.8) is 0 Å². The Labute approximate surface area is 639 Å². The standard InChI is InChI=1S/C87H150O16P2/c1-4-7-10-13-16-19-22-25-28-31-33-35-36-37-38-39-40-41-42-43-44-46-48-50-52-55-58-61-64-67-70-73-85(90)97-76-82(88)77-99-104(93,94)100-78-83(89)79-101-105(95,96)102-81-84(103-87(92)75-72-69-66-63-60-57-54-49-30-27-24-21-18-15-12-9-6-3)80-98-86(91)74-71-68-65-62-59-56-53-51-47-45-34-32-29-26-23-20-17-14-11-8-5-2/h9,12,16-21,25-30,33-35,37-38,45,51,53,82-84,88-89H,4-8,10-11,13-15,22-24,31-32,36,39-44,46-50,52,54-81H2,1-3H3,(H,93,94)(H,95,96)/b12-9-,19-16-,20-17-,21-18-,28-25-,29-26-,30-27-,35-33-,38-37-,45-34-,53-51-. The number of esters is 3. The van der Waals surface area contributed by atoms with Gasteiger partial charge in [0.15, 0.2) is 6.10 Å². The highest BCUT2D eigenvalue weighted by atomic mass is 31.2. The van der Waals surface area contributed by atoms with Crippen molar-refractivity contribution in [3.8, 4) is 0 Å². The fourth-order valence-corrected chi connectivity index (χ4v) is 12.6. The predicted molar refractivity (Wildman–Crippen MR) is 436 cm³/mol. The van der Waals surface area contributed by atoms with Gasteiger partial charge >= 0.3 is 33.6 Å². The van der Waals surface area contributed by atoms with Crippen LogP contribution in [0.25, 0.3) is 0 Å². The van der Waals surface area contributed by atoms with Gasteiger partial charge in [-0.25, -0.2) is 9.13 Å². The number of hydrogen-bond acceptors (Lipinski definition) is 14. The summed E-state index contributed by atoms with van der Waals surface area (Å²) in [5, 5.41) is 20.7. The topological polar surface area (TPSA) is 231 Å². The highest BCUT2D eigenvalue weighted by Gasteiger charge is 2.29. The first-order chi connectivity index (χ1) is 51.2. The Morgan fingerprint density at radius 3 is 0.800 bits per heavy atom. The molecule has 16 nitrogen and oxygen atoms in total. The van der Waals surface area contributed by atoms with Crippen molar-refractivity contribution in [2.45, 2.75) is 360 Å². The summed E-state index contributed by atoms with van der Waals surface area (Å²) >= 11 is 0. The molecule has 0 bridgehead atoms. The van der Waals surface area contributed by atoms with E-state index in [1.165, 1.54) is 128 Å². The maximum Gasteiger partial charge on any atom is 0.472 e. The summed E-state index contributed by atoms with van der Waals surface area (Å²) in [4.78, 5) is 58.7. The smallest absolute Gasteiger partial charge is 0.463 e. The van der Waals surface area contributed by atoms with Gasteiger partial charge in [0.2, 0.25) is 0 Å². The number of unbranched alkanes of at least 4 members (excludes halogenated alkanes) is 33. The number of hydrogen-bond donors (Lipinski definition) is 4. The molecule has 0 saturated heterocycles. The van der Waals surface area contributed by atoms with Gasteiger partial charge in [0, 0.05) is 19.3 Å². The fourth-order valence-electron chi connectivity index (χ4n) is 11.0. The van der Waals surface area contributed by atoms with Gasteiger partial charge in [0.05, 0.1) is 26.4 Å². The number of allylic oxidation sites excluding steroid dienone is 22. The SMILES string of the molecule is CC/C=C\C/C=C\C/C=C\CCCCCCCCCC(=O)OC(COC(=O)CCCCCCC/C=C\C/C=C\C/C=C\C/C=C\CCCCC)COP(=O)(O)OCC(O)COP(=O)(O)OCC(O)COC(=O)CCCCCCCCCCCCCCCCC/C=C\C/C=C\C/C=C\C/C=C\CCCCC. The third-order valence-corrected chi connectivity index (χ3v) is 19.2. The predicted octanol–water partition coefficient (Wildman–Crippen LogP) is 24.7. The van der Waals surface area contributed by atoms with E-state index in [-0.39, 0.29) is 19.3 Å². The van der Waals surface area contributed by atoms with E-state index in [0.29, 0.717) is 19.3 Å². The number of phosphoric ester groups is 2. The first kappa shape index (κ1) is 101. The number of carbonyl (C=O) groups is 3. The molecule has 0 aliphatic rings. The molecule has 0 aromatic rings. The van der Waals surface area contributed by atoms with E-state index in [2.05, 4.69) is 154 Å². The molecule has 0 radical (unpaired) electrons. The van der Waals surface area contributed by atoms with Crippen LogP contribution in [0.1, 0.15) is 342 Å². The van der Waals surface area contributed by atoms with Crippen molar-refractivity contribution in [2.75, 3.05) is 39.6 Å². The molecule has 0 aromatic carbocycles. The number of ether oxygens (including phenoxy) is 3. The minimum Gasteiger partial charge on any atom is -0.463 e. The van der Waals surface area contributed by atoms with Gasteiger partial charge in [-0.05, 0) is 141 Å². The minimum atomic E-state index is -4.94. The van der Waals surface area contributed by atoms with E-state index in [9.17, 15) is 43.5 Å². The Kier molecular flexibility index (Phi) is 76.0. The van der Waals surface area contributed by atoms with E-state index in [1.54, 1.807) is 0 Å². The number of rotatable bonds is 78. The lowest BCUT2D eigenvalue weighted by molar-refractivity contribution is -0.161. The molecule has 0 saturated carbocycles. The van der Waals surface area contributed by atoms with Gasteiger partial charge in [0.25, 0.3) is 0 Å². The van der Waals surface area contributed by atoms with Crippen LogP contribution in [0, 0.1) is 0 Å². The fraction of sp³-hybridized carbons (Fsp3) is 0.713. The molecule has 18 heteroatoms. The van der Waals surface area contributed by atoms with Crippen LogP contribution in [-0.2, 0) is 55.8 Å². The number of phosphoric acid groups is 2. The van der Waals surface area contributed by atoms with Crippen molar-refractivity contribution < 1.29 is 75.8 Å². The summed E-state index contributed by atoms with van der Waals surface area (Å²) < 4.78 is 61.2. The van der Waals surface area contributed by atoms with Crippen LogP contribution >= 0.6 is 15.6 Å². The summed E-state index contributed by atoms with van der Waals surface area (Å²) in [6, 6.07) is 0. The summed E-state index contributed by atoms with van der Waals surface area (Å²) in [7, 11) is -9.80. The Morgan fingerprint density at radius 2 is 0.505 bits per heavy atom. The molecule has 5 atom stereocenters. The van der Waals surface area contributed by atoms with Gasteiger partial charge in [-0.2, -0.15) is 0 Å². The second-order valence-electron chi connectivity index (χ2n) is 27.5. The van der Waals surface area contributed by atoms with Crippen LogP contribution in [0.2, 0.25) is 0 Å². The first-order valence-electron chi connectivity index (χ1n) is 41.5. The lowest BCUT2D eigenvalue weighted by Gasteiger charge is -2.21. The van der Waals surface area contributed by atoms with Crippen molar-refractivity contribution in [1.82, 2.24) is 0 Å². The first-order valence-corrected chi connectivity index (χ1v) is 44.5. The molecule has 0 amide bonds. The van der Waals surface area contributed by atoms with E-state index in [0.717, 1.165) is 154 Å². The Hall–Kier alpha value is -4.31. The normalized spacial score (nSPS) is 14.6. The molecule has 0 aliphatic carbocycles. The summed E-state index contributed by atoms with van der Waals surface area (Å²) in [5.74, 6) is -1.60. The molecule has 604 valence electrons. The van der Waals surface area contributed by atoms with Gasteiger partial charge in [-0.15, -0.1) is 0 Å². The van der Waals surface area contributed by atoms with Crippen molar-refractivity contribution in [3.05, 3.63) is 134 Å². The number of carbonyl (C=O) groups excluding carboxylic acids is 3. The van der Waals surface area contributed by atoms with Crippen LogP contribution in [0.4, 0.5) is 0 Å². The van der Waals surface area contributed by atoms with E-state index < -0.39 is 91.5 Å². The van der Waals surface area contributed by atoms with E-state index in [4.69, 9.17) is 32.3 Å². The van der Waals surface area contributed by atoms with Gasteiger partial charge in [-0.3, -0.25) is 32.5 Å². The monoisotopic (exact) mass is 1510 g/mol. The maximum absolute atomic E-state index is 13.0. The molecule has 5 unspecified atom stereocenters. The third-order valence-electron chi connectivity index (χ3n) is 17.3. The molecule has 0 heterocycles. The molecule has 105 heavy (non-hydrogen) atoms. The summed E-state index contributed by atoms with van der Waals surface area (Å²) in [6.07, 6.45) is 96.4. The molecule has 4 N–H and O–H groups in total. The summed E-state index contributed by atoms with van der Waals surface area (Å²) in [6.45, 7) is 2.50. The Balaban J connectivity index is 4.54. The molecule has 0 aliphatic heterocycles. The second-order valence-corrected chi connectivity index (χ2v) is 30.4. The van der Waals surface area contributed by atoms with Crippen LogP contribution in [-0.4, -0.2) is 95.9 Å². The lowest BCUT2D eigenvalue weighted by atomic mass is 10.0. The highest BCUT2D eigenvalue weighted by molar-refractivity contribution is 7.47. The molecular weight excluding hydrogens is 1360 g/mol. The molecular formula is C87H150O16P2. The summed E-state index contributed by atoms with van der Waals surface area (Å²) in [5.41, 5.74) is 0. The molecule has 0 spiro atoms. The number of aliphatic hydroxyl groups is 2. The van der Waals surface area contributed by atoms with Crippen molar-refractivity contribution >= 4 is 33.6 Å². The van der Waals surface area contributed by atoms with Crippen LogP contribution < -0.4 is 0 Å². The largest absolute Gasteiger partial charge is 0.472 e. The lowest BCUT2D eigenvalue weighted by Crippen LogP contribution is -2.30. The van der Waals surface area contributed by atoms with Crippen molar-refractivity contribution in [1.29, 1.82) is 0 Å². The zero-order valence-electron chi connectivity index (χ0n) is 66.1. The van der Waals surface area contributed by atoms with E-state index >= 15 is 0 Å². The van der Waals surface area contributed by atoms with Crippen LogP contribution in [0.15, 0.2) is 134 Å². The highest BCUT2D eigenvalue weighted by Crippen LogP contribution is 2.45. The van der Waals surface area contributed by atoms with Crippen LogP contribution in [0.3, 0.4) is 0 Å². The van der Waals surface area contributed by atoms with Crippen LogP contribution in [0.5, 0.6) is 0 Å². The molecule has 0 fully saturated rings. The van der Waals surface area contributed by atoms with Gasteiger partial charge in [-0.1, -0.05) is 315 Å². The zero-order valence-corrected chi connectivity index (χ0v) is 67.9. The molecule has 0 aromatic heterocycles. The van der Waals surface area contributed by atoms with Gasteiger partial charge < -0.3 is 34.2 Å². The zero-order chi connectivity index (χ0) is 76.6. The Bertz CT molecular complexity index is 2440. The third kappa shape index (κ3) is 80.5. The average Bonchev–Trinajstić information content (AvgIpc) is 1.41. The number of aliphatic hydroxyl groups excluding tert-OH is 2. The minimum absolute atomic E-state index is 0.0861. The van der Waals surface area contributed by atoms with E-state index in [1.807, 2.05) is 0 Å². The average molecular weight is 1510 g/mol. The Morgan fingerprint density at radius 1 is 0.276 bits per heavy atom. The quantitative estimate of drug-likeness (QED) is 0.0146. The van der Waals surface area contributed by atoms with Gasteiger partial charge in [0.1, 0.15) is 25.4 Å². The second kappa shape index (κ2) is 79.2. The molecule has 0 rings (SSSR count). The van der Waals surface area contributed by atoms with Crippen molar-refractivity contribution in [2.24, 2.45) is 0 Å². The maximum atomic E-state index is 13.0.